The van der Waals surface area contributed by atoms with E-state index in [2.05, 4.69) is 15.0 Å². The number of hydrogen-bond acceptors (Lipinski definition) is 4. The van der Waals surface area contributed by atoms with Crippen molar-refractivity contribution < 1.29 is 8.42 Å². The Morgan fingerprint density at radius 3 is 2.48 bits per heavy atom. The van der Waals surface area contributed by atoms with Gasteiger partial charge in [-0.2, -0.15) is 0 Å². The summed E-state index contributed by atoms with van der Waals surface area (Å²) in [5, 5.41) is 0.845. The van der Waals surface area contributed by atoms with Crippen LogP contribution in [0, 0.1) is 6.92 Å². The van der Waals surface area contributed by atoms with Gasteiger partial charge in [-0.15, -0.1) is 0 Å². The smallest absolute Gasteiger partial charge is 0.222 e. The lowest BCUT2D eigenvalue weighted by Gasteiger charge is -2.09. The van der Waals surface area contributed by atoms with Gasteiger partial charge in [0, 0.05) is 22.2 Å². The molecule has 0 amide bonds. The zero-order chi connectivity index (χ0) is 19.2. The summed E-state index contributed by atoms with van der Waals surface area (Å²) in [5.41, 5.74) is 2.38. The highest BCUT2D eigenvalue weighted by Gasteiger charge is 2.25. The minimum atomic E-state index is -3.75. The molecule has 0 unspecified atom stereocenters. The van der Waals surface area contributed by atoms with Gasteiger partial charge in [0.05, 0.1) is 26.7 Å². The van der Waals surface area contributed by atoms with Crippen LogP contribution in [0.1, 0.15) is 5.69 Å². The molecule has 4 rings (SSSR count). The predicted molar refractivity (Wildman–Crippen MR) is 106 cm³/mol. The molecule has 2 aromatic heterocycles. The van der Waals surface area contributed by atoms with Crippen molar-refractivity contribution >= 4 is 43.9 Å². The van der Waals surface area contributed by atoms with Gasteiger partial charge in [-0.1, -0.05) is 35.9 Å². The molecular formula is C19H13Cl2N3O2S. The van der Waals surface area contributed by atoms with E-state index in [1.165, 1.54) is 6.20 Å². The van der Waals surface area contributed by atoms with Crippen molar-refractivity contribution in [3.63, 3.8) is 0 Å². The summed E-state index contributed by atoms with van der Waals surface area (Å²) in [6, 6.07) is 13.4. The van der Waals surface area contributed by atoms with E-state index in [0.29, 0.717) is 22.2 Å². The van der Waals surface area contributed by atoms with E-state index in [-0.39, 0.29) is 20.1 Å². The number of hydrogen-bond donors (Lipinski definition) is 1. The van der Waals surface area contributed by atoms with Crippen molar-refractivity contribution in [1.82, 2.24) is 15.0 Å². The predicted octanol–water partition coefficient (Wildman–Crippen LogP) is 5.07. The topological polar surface area (TPSA) is 75.7 Å². The highest BCUT2D eigenvalue weighted by molar-refractivity contribution is 7.91. The van der Waals surface area contributed by atoms with Gasteiger partial charge in [-0.25, -0.2) is 18.4 Å². The first-order valence-corrected chi connectivity index (χ1v) is 10.2. The van der Waals surface area contributed by atoms with Crippen LogP contribution >= 0.6 is 23.2 Å². The monoisotopic (exact) mass is 417 g/mol. The fraction of sp³-hybridized carbons (Fsp3) is 0.0526. The quantitative estimate of drug-likeness (QED) is 0.471. The Morgan fingerprint density at radius 1 is 1.00 bits per heavy atom. The average Bonchev–Trinajstić information content (AvgIpc) is 3.00. The first kappa shape index (κ1) is 18.0. The van der Waals surface area contributed by atoms with Gasteiger partial charge in [0.15, 0.2) is 0 Å². The van der Waals surface area contributed by atoms with E-state index >= 15 is 0 Å². The number of nitrogens with one attached hydrogen (secondary N) is 1. The normalized spacial score (nSPS) is 11.8. The van der Waals surface area contributed by atoms with Gasteiger partial charge in [-0.05, 0) is 42.8 Å². The van der Waals surface area contributed by atoms with Gasteiger partial charge < -0.3 is 4.98 Å². The maximum absolute atomic E-state index is 13.3. The molecule has 136 valence electrons. The Labute approximate surface area is 165 Å². The molecule has 1 N–H and O–H groups in total. The van der Waals surface area contributed by atoms with E-state index in [1.54, 1.807) is 42.5 Å². The van der Waals surface area contributed by atoms with Crippen molar-refractivity contribution in [1.29, 1.82) is 0 Å². The number of nitrogens with zero attached hydrogens (tertiary/aromatic N) is 2. The minimum absolute atomic E-state index is 0.0338. The maximum atomic E-state index is 13.3. The maximum Gasteiger partial charge on any atom is 0.222 e. The van der Waals surface area contributed by atoms with Crippen LogP contribution in [0.4, 0.5) is 0 Å². The number of benzene rings is 2. The summed E-state index contributed by atoms with van der Waals surface area (Å²) in [4.78, 5) is 11.7. The summed E-state index contributed by atoms with van der Waals surface area (Å²) >= 11 is 12.3. The molecule has 0 saturated carbocycles. The zero-order valence-corrected chi connectivity index (χ0v) is 16.4. The third kappa shape index (κ3) is 3.00. The van der Waals surface area contributed by atoms with E-state index in [4.69, 9.17) is 23.2 Å². The number of fused-ring (bicyclic) bond motifs is 1. The van der Waals surface area contributed by atoms with Crippen LogP contribution in [0.5, 0.6) is 0 Å². The number of sulfone groups is 1. The van der Waals surface area contributed by atoms with Crippen LogP contribution in [0.25, 0.3) is 22.2 Å². The molecule has 8 heteroatoms. The van der Waals surface area contributed by atoms with Gasteiger partial charge in [0.25, 0.3) is 0 Å². The van der Waals surface area contributed by atoms with Crippen molar-refractivity contribution in [3.05, 3.63) is 70.7 Å². The lowest BCUT2D eigenvalue weighted by Crippen LogP contribution is -2.03. The van der Waals surface area contributed by atoms with Crippen LogP contribution in [-0.2, 0) is 9.84 Å². The van der Waals surface area contributed by atoms with Gasteiger partial charge >= 0.3 is 0 Å². The van der Waals surface area contributed by atoms with Crippen LogP contribution in [0.3, 0.4) is 0 Å². The minimum Gasteiger partial charge on any atom is -0.358 e. The lowest BCUT2D eigenvalue weighted by molar-refractivity contribution is 0.597. The van der Waals surface area contributed by atoms with Crippen molar-refractivity contribution in [3.8, 4) is 11.3 Å². The van der Waals surface area contributed by atoms with E-state index < -0.39 is 9.84 Å². The molecule has 0 aliphatic rings. The molecule has 0 fully saturated rings. The molecule has 27 heavy (non-hydrogen) atoms. The number of rotatable bonds is 3. The standard InChI is InChI=1S/C19H13Cl2N3O2S/c1-11-16(18-13(20)10-22-19(21)24-18)17-14(23-11)8-5-9-15(17)27(25,26)12-6-3-2-4-7-12/h2-10,23H,1H3. The molecule has 0 spiro atoms. The summed E-state index contributed by atoms with van der Waals surface area (Å²) in [5.74, 6) is 0. The lowest BCUT2D eigenvalue weighted by atomic mass is 10.1. The van der Waals surface area contributed by atoms with Gasteiger partial charge in [0.2, 0.25) is 15.1 Å². The Bertz CT molecular complexity index is 1270. The molecular weight excluding hydrogens is 405 g/mol. The summed E-state index contributed by atoms with van der Waals surface area (Å²) < 4.78 is 26.6. The number of H-pyrrole nitrogens is 1. The van der Waals surface area contributed by atoms with Gasteiger partial charge in [-0.3, -0.25) is 0 Å². The average molecular weight is 418 g/mol. The van der Waals surface area contributed by atoms with Crippen LogP contribution < -0.4 is 0 Å². The Morgan fingerprint density at radius 2 is 1.74 bits per heavy atom. The number of aromatic amines is 1. The molecule has 5 nitrogen and oxygen atoms in total. The second-order valence-electron chi connectivity index (χ2n) is 5.96. The first-order chi connectivity index (χ1) is 12.9. The molecule has 2 aromatic carbocycles. The van der Waals surface area contributed by atoms with Crippen molar-refractivity contribution in [2.75, 3.05) is 0 Å². The fourth-order valence-electron chi connectivity index (χ4n) is 3.11. The fourth-order valence-corrected chi connectivity index (χ4v) is 4.94. The number of aromatic nitrogens is 3. The summed E-state index contributed by atoms with van der Waals surface area (Å²) in [6.07, 6.45) is 1.40. The first-order valence-electron chi connectivity index (χ1n) is 7.99. The van der Waals surface area contributed by atoms with E-state index in [9.17, 15) is 8.42 Å². The SMILES string of the molecule is Cc1[nH]c2cccc(S(=O)(=O)c3ccccc3)c2c1-c1nc(Cl)ncc1Cl. The molecule has 0 aliphatic heterocycles. The zero-order valence-electron chi connectivity index (χ0n) is 14.1. The highest BCUT2D eigenvalue weighted by atomic mass is 35.5. The highest BCUT2D eigenvalue weighted by Crippen LogP contribution is 2.39. The third-order valence-electron chi connectivity index (χ3n) is 4.27. The largest absolute Gasteiger partial charge is 0.358 e. The van der Waals surface area contributed by atoms with Crippen LogP contribution in [0.15, 0.2) is 64.5 Å². The molecule has 4 aromatic rings. The van der Waals surface area contributed by atoms with Crippen molar-refractivity contribution in [2.45, 2.75) is 16.7 Å². The van der Waals surface area contributed by atoms with Crippen molar-refractivity contribution in [2.24, 2.45) is 0 Å². The van der Waals surface area contributed by atoms with E-state index in [1.807, 2.05) is 13.0 Å². The number of halogens is 2. The third-order valence-corrected chi connectivity index (χ3v) is 6.54. The number of aryl methyl sites for hydroxylation is 1. The molecule has 0 bridgehead atoms. The van der Waals surface area contributed by atoms with E-state index in [0.717, 1.165) is 5.69 Å². The molecule has 2 heterocycles. The summed E-state index contributed by atoms with van der Waals surface area (Å²) in [7, 11) is -3.75. The molecule has 0 radical (unpaired) electrons. The summed E-state index contributed by atoms with van der Waals surface area (Å²) in [6.45, 7) is 1.83. The molecule has 0 saturated heterocycles. The van der Waals surface area contributed by atoms with Crippen LogP contribution in [-0.4, -0.2) is 23.4 Å². The Balaban J connectivity index is 2.09. The molecule has 0 aliphatic carbocycles. The Hall–Kier alpha value is -2.41. The second kappa shape index (κ2) is 6.64. The second-order valence-corrected chi connectivity index (χ2v) is 8.62. The molecule has 0 atom stereocenters. The van der Waals surface area contributed by atoms with Crippen LogP contribution in [0.2, 0.25) is 10.3 Å². The Kier molecular flexibility index (Phi) is 4.42. The van der Waals surface area contributed by atoms with Gasteiger partial charge in [0.1, 0.15) is 0 Å².